The molecule has 1 heterocycles. The molecule has 4 nitrogen and oxygen atoms in total. The number of aryl methyl sites for hydroxylation is 2. The second-order valence-electron chi connectivity index (χ2n) is 6.06. The molecule has 0 aliphatic carbocycles. The maximum absolute atomic E-state index is 12.6. The molecular weight excluding hydrogens is 292 g/mol. The molecule has 0 bridgehead atoms. The van der Waals surface area contributed by atoms with Crippen LogP contribution in [-0.2, 0) is 16.0 Å². The summed E-state index contributed by atoms with van der Waals surface area (Å²) in [6, 6.07) is 12.8. The van der Waals surface area contributed by atoms with Gasteiger partial charge in [-0.05, 0) is 43.5 Å². The third-order valence-electron chi connectivity index (χ3n) is 4.12. The van der Waals surface area contributed by atoms with Crippen LogP contribution in [0.2, 0.25) is 0 Å². The lowest BCUT2D eigenvalue weighted by Crippen LogP contribution is -2.48. The van der Waals surface area contributed by atoms with Crippen molar-refractivity contribution in [3.05, 3.63) is 64.7 Å². The predicted molar refractivity (Wildman–Crippen MR) is 85.5 cm³/mol. The number of carbonyl (C=O) groups excluding carboxylic acids is 2. The highest BCUT2D eigenvalue weighted by Crippen LogP contribution is 2.31. The molecule has 4 heteroatoms. The van der Waals surface area contributed by atoms with Crippen LogP contribution in [0.15, 0.2) is 42.5 Å². The Hall–Kier alpha value is -2.62. The molecule has 1 aliphatic rings. The van der Waals surface area contributed by atoms with Gasteiger partial charge in [0, 0.05) is 6.42 Å². The van der Waals surface area contributed by atoms with E-state index in [1.165, 1.54) is 0 Å². The third kappa shape index (κ3) is 2.72. The van der Waals surface area contributed by atoms with Gasteiger partial charge in [-0.1, -0.05) is 36.4 Å². The first kappa shape index (κ1) is 15.3. The zero-order chi connectivity index (χ0) is 16.6. The Bertz CT molecular complexity index is 773. The molecule has 0 N–H and O–H groups in total. The first-order valence-corrected chi connectivity index (χ1v) is 7.50. The van der Waals surface area contributed by atoms with Gasteiger partial charge in [-0.25, -0.2) is 9.59 Å². The molecule has 23 heavy (non-hydrogen) atoms. The fraction of sp³-hybridized carbons (Fsp3) is 0.263. The summed E-state index contributed by atoms with van der Waals surface area (Å²) in [5, 5.41) is 0. The number of ether oxygens (including phenoxy) is 2. The number of fused-ring (bicyclic) bond motifs is 1. The molecular formula is C19H18O4. The summed E-state index contributed by atoms with van der Waals surface area (Å²) in [7, 11) is 0. The molecule has 1 atom stereocenters. The Morgan fingerprint density at radius 2 is 1.74 bits per heavy atom. The molecule has 0 radical (unpaired) electrons. The topological polar surface area (TPSA) is 52.6 Å². The van der Waals surface area contributed by atoms with Gasteiger partial charge in [0.05, 0.1) is 5.56 Å². The zero-order valence-corrected chi connectivity index (χ0v) is 13.4. The van der Waals surface area contributed by atoms with E-state index in [2.05, 4.69) is 0 Å². The summed E-state index contributed by atoms with van der Waals surface area (Å²) in [6.45, 7) is 5.34. The molecule has 2 aromatic rings. The molecule has 0 spiro atoms. The predicted octanol–water partition coefficient (Wildman–Crippen LogP) is 3.38. The number of hydrogen-bond donors (Lipinski definition) is 0. The van der Waals surface area contributed by atoms with Gasteiger partial charge in [-0.2, -0.15) is 0 Å². The minimum atomic E-state index is -1.32. The summed E-state index contributed by atoms with van der Waals surface area (Å²) < 4.78 is 11.0. The number of hydrogen-bond acceptors (Lipinski definition) is 4. The quantitative estimate of drug-likeness (QED) is 0.630. The fourth-order valence-electron chi connectivity index (χ4n) is 2.81. The van der Waals surface area contributed by atoms with Gasteiger partial charge in [-0.15, -0.1) is 0 Å². The van der Waals surface area contributed by atoms with Crippen molar-refractivity contribution in [2.45, 2.75) is 32.8 Å². The van der Waals surface area contributed by atoms with Crippen molar-refractivity contribution in [3.63, 3.8) is 0 Å². The minimum absolute atomic E-state index is 0.304. The van der Waals surface area contributed by atoms with Gasteiger partial charge in [0.1, 0.15) is 5.75 Å². The van der Waals surface area contributed by atoms with Crippen molar-refractivity contribution in [3.8, 4) is 5.75 Å². The molecule has 118 valence electrons. The fourth-order valence-corrected chi connectivity index (χ4v) is 2.81. The van der Waals surface area contributed by atoms with Crippen molar-refractivity contribution in [1.29, 1.82) is 0 Å². The summed E-state index contributed by atoms with van der Waals surface area (Å²) in [5.41, 5.74) is 1.71. The minimum Gasteiger partial charge on any atom is -0.443 e. The molecule has 2 aromatic carbocycles. The lowest BCUT2D eigenvalue weighted by molar-refractivity contribution is -0.155. The molecule has 1 unspecified atom stereocenters. The van der Waals surface area contributed by atoms with Gasteiger partial charge in [0.2, 0.25) is 5.60 Å². The first-order valence-electron chi connectivity index (χ1n) is 7.50. The van der Waals surface area contributed by atoms with Crippen molar-refractivity contribution in [1.82, 2.24) is 0 Å². The second-order valence-corrected chi connectivity index (χ2v) is 6.06. The molecule has 0 saturated heterocycles. The van der Waals surface area contributed by atoms with E-state index in [9.17, 15) is 9.59 Å². The van der Waals surface area contributed by atoms with Crippen LogP contribution < -0.4 is 4.74 Å². The second kappa shape index (κ2) is 5.54. The van der Waals surface area contributed by atoms with E-state index in [1.807, 2.05) is 44.2 Å². The number of carbonyl (C=O) groups is 2. The summed E-state index contributed by atoms with van der Waals surface area (Å²) >= 11 is 0. The van der Waals surface area contributed by atoms with Crippen LogP contribution in [-0.4, -0.2) is 17.5 Å². The summed E-state index contributed by atoms with van der Waals surface area (Å²) in [4.78, 5) is 24.8. The van der Waals surface area contributed by atoms with E-state index in [0.29, 0.717) is 17.7 Å². The highest BCUT2D eigenvalue weighted by atomic mass is 16.6. The van der Waals surface area contributed by atoms with Crippen LogP contribution in [0.5, 0.6) is 5.75 Å². The number of para-hydroxylation sites is 1. The normalized spacial score (nSPS) is 19.7. The number of benzene rings is 2. The smallest absolute Gasteiger partial charge is 0.356 e. The Morgan fingerprint density at radius 1 is 1.09 bits per heavy atom. The summed E-state index contributed by atoms with van der Waals surface area (Å²) in [5.74, 6) is -0.529. The highest BCUT2D eigenvalue weighted by Gasteiger charge is 2.44. The van der Waals surface area contributed by atoms with Crippen molar-refractivity contribution >= 4 is 11.9 Å². The number of cyclic esters (lactones) is 1. The lowest BCUT2D eigenvalue weighted by atomic mass is 9.90. The molecule has 1 aliphatic heterocycles. The SMILES string of the molecule is Cc1cccc(C)c1OC(=O)C1(C)Cc2ccccc2C(=O)O1. The average molecular weight is 310 g/mol. The van der Waals surface area contributed by atoms with E-state index in [4.69, 9.17) is 9.47 Å². The Labute approximate surface area is 135 Å². The molecule has 0 fully saturated rings. The Kier molecular flexibility index (Phi) is 3.68. The van der Waals surface area contributed by atoms with Crippen LogP contribution >= 0.6 is 0 Å². The van der Waals surface area contributed by atoms with Gasteiger partial charge in [0.25, 0.3) is 0 Å². The van der Waals surface area contributed by atoms with Crippen LogP contribution in [0.4, 0.5) is 0 Å². The first-order chi connectivity index (χ1) is 10.9. The molecule has 0 amide bonds. The van der Waals surface area contributed by atoms with E-state index in [1.54, 1.807) is 19.1 Å². The summed E-state index contributed by atoms with van der Waals surface area (Å²) in [6.07, 6.45) is 0.304. The van der Waals surface area contributed by atoms with E-state index < -0.39 is 17.5 Å². The van der Waals surface area contributed by atoms with E-state index >= 15 is 0 Å². The van der Waals surface area contributed by atoms with Crippen LogP contribution in [0.3, 0.4) is 0 Å². The molecule has 0 saturated carbocycles. The van der Waals surface area contributed by atoms with Gasteiger partial charge < -0.3 is 9.47 Å². The maximum Gasteiger partial charge on any atom is 0.356 e. The van der Waals surface area contributed by atoms with Crippen LogP contribution in [0.1, 0.15) is 34.0 Å². The van der Waals surface area contributed by atoms with E-state index in [0.717, 1.165) is 16.7 Å². The molecule has 0 aromatic heterocycles. The van der Waals surface area contributed by atoms with Crippen LogP contribution in [0, 0.1) is 13.8 Å². The zero-order valence-electron chi connectivity index (χ0n) is 13.4. The largest absolute Gasteiger partial charge is 0.443 e. The van der Waals surface area contributed by atoms with Crippen LogP contribution in [0.25, 0.3) is 0 Å². The Balaban J connectivity index is 1.90. The van der Waals surface area contributed by atoms with Gasteiger partial charge in [0.15, 0.2) is 0 Å². The average Bonchev–Trinajstić information content (AvgIpc) is 2.50. The number of rotatable bonds is 2. The standard InChI is InChI=1S/C19H18O4/c1-12-7-6-8-13(2)16(12)22-18(21)19(3)11-14-9-4-5-10-15(14)17(20)23-19/h4-10H,11H2,1-3H3. The Morgan fingerprint density at radius 3 is 2.43 bits per heavy atom. The molecule has 3 rings (SSSR count). The van der Waals surface area contributed by atoms with Gasteiger partial charge in [-0.3, -0.25) is 0 Å². The third-order valence-corrected chi connectivity index (χ3v) is 4.12. The monoisotopic (exact) mass is 310 g/mol. The lowest BCUT2D eigenvalue weighted by Gasteiger charge is -2.32. The van der Waals surface area contributed by atoms with Crippen molar-refractivity contribution in [2.24, 2.45) is 0 Å². The van der Waals surface area contributed by atoms with Crippen molar-refractivity contribution in [2.75, 3.05) is 0 Å². The van der Waals surface area contributed by atoms with Gasteiger partial charge >= 0.3 is 11.9 Å². The van der Waals surface area contributed by atoms with Crippen molar-refractivity contribution < 1.29 is 19.1 Å². The van der Waals surface area contributed by atoms with E-state index in [-0.39, 0.29) is 0 Å². The maximum atomic E-state index is 12.6. The number of esters is 2. The highest BCUT2D eigenvalue weighted by molar-refractivity contribution is 5.96.